The lowest BCUT2D eigenvalue weighted by molar-refractivity contribution is -0.169. The summed E-state index contributed by atoms with van der Waals surface area (Å²) >= 11 is 5.80. The first-order valence-corrected chi connectivity index (χ1v) is 10.4. The number of aliphatic imine (C=N–C) groups is 1. The number of amides is 2. The maximum atomic E-state index is 13.4. The molecule has 32 heavy (non-hydrogen) atoms. The molecule has 0 atom stereocenters. The Bertz CT molecular complexity index is 976. The number of anilines is 2. The number of halogens is 4. The molecule has 0 aliphatic carbocycles. The van der Waals surface area contributed by atoms with Crippen LogP contribution in [-0.2, 0) is 4.79 Å². The Hall–Kier alpha value is -3.01. The van der Waals surface area contributed by atoms with Crippen LogP contribution in [0, 0.1) is 0 Å². The number of benzene rings is 1. The number of hydrogen-bond acceptors (Lipinski definition) is 6. The maximum Gasteiger partial charge on any atom is 0.472 e. The molecule has 0 N–H and O–H groups in total. The SMILES string of the molecule is CCCC=Nc1nc(N(CC)CC)ncc1N(C(=O)c1ccc(Cl)cc1)C(=O)C(F)(F)F. The van der Waals surface area contributed by atoms with Crippen molar-refractivity contribution in [3.63, 3.8) is 0 Å². The highest BCUT2D eigenvalue weighted by atomic mass is 35.5. The van der Waals surface area contributed by atoms with E-state index in [1.54, 1.807) is 4.90 Å². The molecule has 2 amide bonds. The Balaban J connectivity index is 2.68. The van der Waals surface area contributed by atoms with Crippen LogP contribution in [0.4, 0.5) is 30.6 Å². The first kappa shape index (κ1) is 25.3. The van der Waals surface area contributed by atoms with Gasteiger partial charge in [0.25, 0.3) is 5.91 Å². The van der Waals surface area contributed by atoms with Gasteiger partial charge >= 0.3 is 12.1 Å². The lowest BCUT2D eigenvalue weighted by atomic mass is 10.2. The third kappa shape index (κ3) is 6.03. The minimum absolute atomic E-state index is 0.00781. The fourth-order valence-corrected chi connectivity index (χ4v) is 2.83. The first-order chi connectivity index (χ1) is 15.1. The van der Waals surface area contributed by atoms with Crippen molar-refractivity contribution in [3.8, 4) is 0 Å². The van der Waals surface area contributed by atoms with Crippen LogP contribution in [0.2, 0.25) is 5.02 Å². The van der Waals surface area contributed by atoms with Crippen LogP contribution in [0.5, 0.6) is 0 Å². The lowest BCUT2D eigenvalue weighted by Gasteiger charge is -2.24. The maximum absolute atomic E-state index is 13.4. The fourth-order valence-electron chi connectivity index (χ4n) is 2.71. The molecular formula is C21H23ClF3N5O2. The van der Waals surface area contributed by atoms with Crippen molar-refractivity contribution in [2.75, 3.05) is 22.9 Å². The second kappa shape index (κ2) is 11.0. The number of unbranched alkanes of at least 4 members (excludes halogenated alkanes) is 1. The van der Waals surface area contributed by atoms with Gasteiger partial charge in [0.15, 0.2) is 5.82 Å². The Kier molecular flexibility index (Phi) is 8.71. The predicted octanol–water partition coefficient (Wildman–Crippen LogP) is 5.21. The van der Waals surface area contributed by atoms with Crippen molar-refractivity contribution in [1.29, 1.82) is 0 Å². The summed E-state index contributed by atoms with van der Waals surface area (Å²) in [4.78, 5) is 39.6. The van der Waals surface area contributed by atoms with Gasteiger partial charge in [-0.2, -0.15) is 18.2 Å². The molecule has 0 unspecified atom stereocenters. The highest BCUT2D eigenvalue weighted by Crippen LogP contribution is 2.33. The van der Waals surface area contributed by atoms with E-state index in [1.807, 2.05) is 20.8 Å². The van der Waals surface area contributed by atoms with Gasteiger partial charge in [0.05, 0.1) is 6.20 Å². The summed E-state index contributed by atoms with van der Waals surface area (Å²) in [6.45, 7) is 6.72. The number of hydrogen-bond donors (Lipinski definition) is 0. The first-order valence-electron chi connectivity index (χ1n) is 9.99. The molecule has 0 fully saturated rings. The smallest absolute Gasteiger partial charge is 0.341 e. The molecule has 0 aliphatic heterocycles. The van der Waals surface area contributed by atoms with Gasteiger partial charge in [-0.05, 0) is 44.5 Å². The predicted molar refractivity (Wildman–Crippen MR) is 118 cm³/mol. The van der Waals surface area contributed by atoms with E-state index in [0.29, 0.717) is 19.5 Å². The Labute approximate surface area is 188 Å². The summed E-state index contributed by atoms with van der Waals surface area (Å²) in [6.07, 6.45) is -1.56. The van der Waals surface area contributed by atoms with Gasteiger partial charge in [-0.1, -0.05) is 24.9 Å². The molecule has 0 aliphatic rings. The van der Waals surface area contributed by atoms with E-state index in [1.165, 1.54) is 30.5 Å². The average molecular weight is 470 g/mol. The van der Waals surface area contributed by atoms with E-state index in [4.69, 9.17) is 11.6 Å². The molecule has 1 aromatic carbocycles. The third-order valence-corrected chi connectivity index (χ3v) is 4.65. The highest BCUT2D eigenvalue weighted by molar-refractivity contribution is 6.31. The highest BCUT2D eigenvalue weighted by Gasteiger charge is 2.46. The van der Waals surface area contributed by atoms with E-state index in [-0.39, 0.29) is 27.3 Å². The fraction of sp³-hybridized carbons (Fsp3) is 0.381. The number of carbonyl (C=O) groups is 2. The van der Waals surface area contributed by atoms with Crippen LogP contribution in [0.3, 0.4) is 0 Å². The summed E-state index contributed by atoms with van der Waals surface area (Å²) in [5.74, 6) is -3.56. The van der Waals surface area contributed by atoms with Crippen LogP contribution >= 0.6 is 11.6 Å². The van der Waals surface area contributed by atoms with E-state index in [2.05, 4.69) is 15.0 Å². The van der Waals surface area contributed by atoms with E-state index < -0.39 is 23.7 Å². The standard InChI is InChI=1S/C21H23ClF3N5O2/c1-4-7-12-26-17-16(13-27-20(28-17)29(5-2)6-3)30(19(32)21(23,24)25)18(31)14-8-10-15(22)11-9-14/h8-13H,4-7H2,1-3H3. The van der Waals surface area contributed by atoms with Crippen LogP contribution in [0.25, 0.3) is 0 Å². The van der Waals surface area contributed by atoms with Crippen LogP contribution < -0.4 is 9.80 Å². The molecule has 0 spiro atoms. The lowest BCUT2D eigenvalue weighted by Crippen LogP contribution is -2.45. The zero-order valence-corrected chi connectivity index (χ0v) is 18.6. The van der Waals surface area contributed by atoms with Crippen molar-refractivity contribution in [3.05, 3.63) is 41.0 Å². The molecular weight excluding hydrogens is 447 g/mol. The number of aromatic nitrogens is 2. The Morgan fingerprint density at radius 3 is 2.28 bits per heavy atom. The van der Waals surface area contributed by atoms with Gasteiger partial charge < -0.3 is 4.90 Å². The summed E-state index contributed by atoms with van der Waals surface area (Å²) in [5.41, 5.74) is -0.626. The molecule has 11 heteroatoms. The topological polar surface area (TPSA) is 78.8 Å². The van der Waals surface area contributed by atoms with E-state index >= 15 is 0 Å². The van der Waals surface area contributed by atoms with Gasteiger partial charge in [0.1, 0.15) is 5.69 Å². The molecule has 2 rings (SSSR count). The number of imide groups is 1. The molecule has 0 bridgehead atoms. The summed E-state index contributed by atoms with van der Waals surface area (Å²) in [7, 11) is 0. The van der Waals surface area contributed by atoms with Gasteiger partial charge in [-0.3, -0.25) is 9.59 Å². The molecule has 1 heterocycles. The zero-order chi connectivity index (χ0) is 23.9. The number of carbonyl (C=O) groups excluding carboxylic acids is 2. The van der Waals surface area contributed by atoms with Crippen molar-refractivity contribution in [2.24, 2.45) is 4.99 Å². The molecule has 7 nitrogen and oxygen atoms in total. The molecule has 0 radical (unpaired) electrons. The van der Waals surface area contributed by atoms with Crippen molar-refractivity contribution in [1.82, 2.24) is 9.97 Å². The third-order valence-electron chi connectivity index (χ3n) is 4.40. The average Bonchev–Trinajstić information content (AvgIpc) is 2.76. The monoisotopic (exact) mass is 469 g/mol. The zero-order valence-electron chi connectivity index (χ0n) is 17.9. The normalized spacial score (nSPS) is 11.6. The molecule has 172 valence electrons. The second-order valence-electron chi connectivity index (χ2n) is 6.60. The Morgan fingerprint density at radius 2 is 1.75 bits per heavy atom. The van der Waals surface area contributed by atoms with Crippen molar-refractivity contribution < 1.29 is 22.8 Å². The second-order valence-corrected chi connectivity index (χ2v) is 7.04. The summed E-state index contributed by atoms with van der Waals surface area (Å²) in [6, 6.07) is 5.13. The summed E-state index contributed by atoms with van der Waals surface area (Å²) < 4.78 is 40.3. The Morgan fingerprint density at radius 1 is 1.12 bits per heavy atom. The van der Waals surface area contributed by atoms with Crippen LogP contribution in [-0.4, -0.2) is 47.3 Å². The number of nitrogens with zero attached hydrogens (tertiary/aromatic N) is 5. The van der Waals surface area contributed by atoms with E-state index in [9.17, 15) is 22.8 Å². The van der Waals surface area contributed by atoms with Crippen molar-refractivity contribution in [2.45, 2.75) is 39.8 Å². The van der Waals surface area contributed by atoms with Crippen molar-refractivity contribution >= 4 is 47.1 Å². The number of rotatable bonds is 8. The molecule has 2 aromatic rings. The van der Waals surface area contributed by atoms with Gasteiger partial charge in [-0.15, -0.1) is 0 Å². The largest absolute Gasteiger partial charge is 0.472 e. The van der Waals surface area contributed by atoms with Gasteiger partial charge in [-0.25, -0.2) is 14.9 Å². The molecule has 0 saturated carbocycles. The molecule has 0 saturated heterocycles. The van der Waals surface area contributed by atoms with E-state index in [0.717, 1.165) is 12.6 Å². The summed E-state index contributed by atoms with van der Waals surface area (Å²) in [5, 5.41) is 0.284. The quantitative estimate of drug-likeness (QED) is 0.495. The van der Waals surface area contributed by atoms with Gasteiger partial charge in [0, 0.05) is 29.9 Å². The van der Waals surface area contributed by atoms with Gasteiger partial charge in [0.2, 0.25) is 5.95 Å². The van der Waals surface area contributed by atoms with Crippen LogP contribution in [0.1, 0.15) is 44.0 Å². The van der Waals surface area contributed by atoms with Crippen LogP contribution in [0.15, 0.2) is 35.5 Å². The minimum atomic E-state index is -5.32. The molecule has 1 aromatic heterocycles. The minimum Gasteiger partial charge on any atom is -0.341 e. The number of alkyl halides is 3.